The van der Waals surface area contributed by atoms with Crippen LogP contribution in [0.5, 0.6) is 0 Å². The molecule has 1 amide bonds. The van der Waals surface area contributed by atoms with Gasteiger partial charge in [0, 0.05) is 31.2 Å². The number of carboxylic acid groups (broad SMARTS) is 1. The normalized spacial score (nSPS) is 20.5. The summed E-state index contributed by atoms with van der Waals surface area (Å²) >= 11 is 0. The second-order valence-corrected chi connectivity index (χ2v) is 15.6. The van der Waals surface area contributed by atoms with E-state index in [1.165, 1.54) is 25.9 Å². The van der Waals surface area contributed by atoms with Crippen LogP contribution in [0, 0.1) is 5.92 Å². The van der Waals surface area contributed by atoms with E-state index in [9.17, 15) is 19.5 Å². The predicted octanol–water partition coefficient (Wildman–Crippen LogP) is 5.01. The first-order valence-electron chi connectivity index (χ1n) is 12.7. The molecule has 0 saturated heterocycles. The number of nitrogens with one attached hydrogen (secondary N) is 2. The highest BCUT2D eigenvalue weighted by molar-refractivity contribution is 6.76. The zero-order valence-corrected chi connectivity index (χ0v) is 24.1. The summed E-state index contributed by atoms with van der Waals surface area (Å²) in [7, 11) is -0.00807. The van der Waals surface area contributed by atoms with E-state index in [1.807, 2.05) is 0 Å². The Morgan fingerprint density at radius 3 is 2.64 bits per heavy atom. The number of benzene rings is 1. The molecule has 1 aliphatic rings. The number of aliphatic imine (C=N–C) groups is 2. The molecule has 0 radical (unpaired) electrons. The number of hydrogen-bond acceptors (Lipinski definition) is 9. The quantitative estimate of drug-likeness (QED) is 0.0956. The van der Waals surface area contributed by atoms with Crippen molar-refractivity contribution in [2.45, 2.75) is 51.5 Å². The van der Waals surface area contributed by atoms with Gasteiger partial charge in [0.15, 0.2) is 6.40 Å². The van der Waals surface area contributed by atoms with Crippen molar-refractivity contribution in [2.24, 2.45) is 15.9 Å². The number of hydrogen-bond donors (Lipinski definition) is 3. The van der Waals surface area contributed by atoms with Crippen molar-refractivity contribution >= 4 is 55.8 Å². The van der Waals surface area contributed by atoms with Gasteiger partial charge in [-0.05, 0) is 44.0 Å². The molecule has 3 N–H and O–H groups in total. The van der Waals surface area contributed by atoms with E-state index in [0.29, 0.717) is 29.2 Å². The van der Waals surface area contributed by atoms with Crippen molar-refractivity contribution in [1.82, 2.24) is 0 Å². The number of esters is 1. The molecule has 2 unspecified atom stereocenters. The molecule has 1 aliphatic heterocycles. The molecule has 39 heavy (non-hydrogen) atoms. The Labute approximate surface area is 230 Å². The number of nitrogens with zero attached hydrogens (tertiary/aromatic N) is 2. The summed E-state index contributed by atoms with van der Waals surface area (Å²) in [4.78, 5) is 45.1. The molecule has 1 aromatic rings. The summed E-state index contributed by atoms with van der Waals surface area (Å²) in [5, 5.41) is 15.5. The van der Waals surface area contributed by atoms with Crippen LogP contribution in [-0.2, 0) is 23.8 Å². The molecule has 12 heteroatoms. The molecular weight excluding hydrogens is 520 g/mol. The molecular formula is C27H38N4O7Si. The molecule has 0 aromatic heterocycles. The Bertz CT molecular complexity index is 1130. The highest BCUT2D eigenvalue weighted by Crippen LogP contribution is 2.30. The van der Waals surface area contributed by atoms with E-state index in [4.69, 9.17) is 9.47 Å². The summed E-state index contributed by atoms with van der Waals surface area (Å²) < 4.78 is 15.5. The van der Waals surface area contributed by atoms with Gasteiger partial charge in [-0.3, -0.25) is 15.1 Å². The van der Waals surface area contributed by atoms with Crippen molar-refractivity contribution < 1.29 is 33.7 Å². The van der Waals surface area contributed by atoms with Crippen LogP contribution >= 0.6 is 0 Å². The molecule has 1 heterocycles. The number of carbonyl (C=O) groups excluding carboxylic acids is 2. The minimum atomic E-state index is -1.26. The lowest BCUT2D eigenvalue weighted by molar-refractivity contribution is -0.144. The summed E-state index contributed by atoms with van der Waals surface area (Å²) in [5.41, 5.74) is 1.69. The maximum atomic E-state index is 12.7. The van der Waals surface area contributed by atoms with Crippen molar-refractivity contribution in [1.29, 1.82) is 0 Å². The lowest BCUT2D eigenvalue weighted by Gasteiger charge is -2.21. The topological polar surface area (TPSA) is 148 Å². The summed E-state index contributed by atoms with van der Waals surface area (Å²) in [6, 6.07) is 5.13. The largest absolute Gasteiger partial charge is 0.483 e. The first-order chi connectivity index (χ1) is 18.5. The fourth-order valence-electron chi connectivity index (χ4n) is 3.38. The third-order valence-electron chi connectivity index (χ3n) is 5.57. The van der Waals surface area contributed by atoms with Gasteiger partial charge in [0.25, 0.3) is 0 Å². The number of fused-ring (bicyclic) bond motifs is 1. The maximum absolute atomic E-state index is 12.7. The Kier molecular flexibility index (Phi) is 12.4. The Morgan fingerprint density at radius 2 is 1.97 bits per heavy atom. The highest BCUT2D eigenvalue weighted by atomic mass is 28.3. The van der Waals surface area contributed by atoms with Crippen LogP contribution in [0.25, 0.3) is 5.70 Å². The number of carboxylic acids is 1. The molecule has 0 bridgehead atoms. The van der Waals surface area contributed by atoms with Crippen LogP contribution in [0.15, 0.2) is 46.5 Å². The minimum absolute atomic E-state index is 0.194. The first kappa shape index (κ1) is 31.3. The number of amides is 1. The number of allylic oxidation sites excluding steroid dienone is 1. The third kappa shape index (κ3) is 11.1. The number of ether oxygens (including phenoxy) is 3. The van der Waals surface area contributed by atoms with Gasteiger partial charge in [0.1, 0.15) is 6.04 Å². The first-order valence-corrected chi connectivity index (χ1v) is 16.4. The Morgan fingerprint density at radius 1 is 1.23 bits per heavy atom. The van der Waals surface area contributed by atoms with Crippen LogP contribution < -0.4 is 10.6 Å². The lowest BCUT2D eigenvalue weighted by atomic mass is 10.0. The van der Waals surface area contributed by atoms with Crippen LogP contribution in [0.1, 0.15) is 25.3 Å². The number of methoxy groups -OCH3 is 1. The van der Waals surface area contributed by atoms with E-state index >= 15 is 0 Å². The monoisotopic (exact) mass is 558 g/mol. The molecule has 1 aromatic carbocycles. The predicted molar refractivity (Wildman–Crippen MR) is 155 cm³/mol. The fourth-order valence-corrected chi connectivity index (χ4v) is 4.11. The average Bonchev–Trinajstić information content (AvgIpc) is 2.86. The van der Waals surface area contributed by atoms with Crippen LogP contribution in [0.4, 0.5) is 16.2 Å². The van der Waals surface area contributed by atoms with Crippen LogP contribution in [0.2, 0.25) is 25.7 Å². The van der Waals surface area contributed by atoms with E-state index < -0.39 is 38.1 Å². The van der Waals surface area contributed by atoms with Crippen LogP contribution in [-0.4, -0.2) is 70.2 Å². The second-order valence-electron chi connectivity index (χ2n) is 9.94. The zero-order chi connectivity index (χ0) is 28.8. The van der Waals surface area contributed by atoms with Crippen molar-refractivity contribution in [3.8, 4) is 0 Å². The maximum Gasteiger partial charge on any atom is 0.411 e. The van der Waals surface area contributed by atoms with Gasteiger partial charge in [-0.15, -0.1) is 0 Å². The van der Waals surface area contributed by atoms with Gasteiger partial charge in [-0.1, -0.05) is 31.8 Å². The van der Waals surface area contributed by atoms with Crippen molar-refractivity contribution in [3.05, 3.63) is 42.1 Å². The zero-order valence-electron chi connectivity index (χ0n) is 23.1. The number of anilines is 2. The summed E-state index contributed by atoms with van der Waals surface area (Å²) in [5.74, 6) is -2.40. The van der Waals surface area contributed by atoms with Gasteiger partial charge < -0.3 is 24.6 Å². The molecule has 0 saturated carbocycles. The number of carbonyl (C=O) groups is 3. The molecule has 11 nitrogen and oxygen atoms in total. The summed E-state index contributed by atoms with van der Waals surface area (Å²) in [6.07, 6.45) is 7.36. The van der Waals surface area contributed by atoms with Gasteiger partial charge >= 0.3 is 18.0 Å². The lowest BCUT2D eigenvalue weighted by Crippen LogP contribution is -2.31. The van der Waals surface area contributed by atoms with Crippen molar-refractivity contribution in [2.75, 3.05) is 31.0 Å². The Balaban J connectivity index is 2.56. The molecule has 0 spiro atoms. The Hall–Kier alpha value is -3.93. The number of rotatable bonds is 9. The van der Waals surface area contributed by atoms with Gasteiger partial charge in [0.05, 0.1) is 38.1 Å². The highest BCUT2D eigenvalue weighted by Gasteiger charge is 2.22. The van der Waals surface area contributed by atoms with Crippen LogP contribution in [0.3, 0.4) is 0 Å². The van der Waals surface area contributed by atoms with Crippen molar-refractivity contribution in [3.63, 3.8) is 0 Å². The second kappa shape index (κ2) is 15.5. The van der Waals surface area contributed by atoms with E-state index in [-0.39, 0.29) is 19.4 Å². The standard InChI is InChI=1S/C27H38N4O7Si/c1-6-38-26(34)22-10-8-7-9-19(25(32)33)16-29-24(17-28-18-37-13-14-39(3,4)5)21-12-11-20(15-23(21)31-22)30-27(35)36-2/h7-8,11-12,15-19,22,31H,6,9-10,13-14H2,1-5H3,(H,30,35)(H,32,33)/b8-7+,24-17-,28-18-,29-16+. The molecule has 0 fully saturated rings. The average molecular weight is 559 g/mol. The van der Waals surface area contributed by atoms with E-state index in [1.54, 1.807) is 37.3 Å². The smallest absolute Gasteiger partial charge is 0.411 e. The van der Waals surface area contributed by atoms with E-state index in [2.05, 4.69) is 45.0 Å². The van der Waals surface area contributed by atoms with Gasteiger partial charge in [0.2, 0.25) is 0 Å². The minimum Gasteiger partial charge on any atom is -0.483 e. The van der Waals surface area contributed by atoms with E-state index in [0.717, 1.165) is 6.04 Å². The molecule has 2 rings (SSSR count). The van der Waals surface area contributed by atoms with Gasteiger partial charge in [-0.2, -0.15) is 0 Å². The molecule has 0 aliphatic carbocycles. The summed E-state index contributed by atoms with van der Waals surface area (Å²) in [6.45, 7) is 9.20. The number of aliphatic carboxylic acids is 1. The fraction of sp³-hybridized carbons (Fsp3) is 0.444. The van der Waals surface area contributed by atoms with Gasteiger partial charge in [-0.25, -0.2) is 14.6 Å². The molecule has 2 atom stereocenters. The SMILES string of the molecule is CCOC(=O)C1C/C=C/CC(C(=O)O)/C=N/C(=C\N=C/OCC[Si](C)(C)C)c2ccc(NC(=O)OC)cc2N1. The molecule has 212 valence electrons. The third-order valence-corrected chi connectivity index (χ3v) is 7.27.